The third-order valence-electron chi connectivity index (χ3n) is 3.62. The van der Waals surface area contributed by atoms with Gasteiger partial charge < -0.3 is 20.1 Å². The molecule has 0 aliphatic carbocycles. The molecule has 2 amide bonds. The summed E-state index contributed by atoms with van der Waals surface area (Å²) in [5, 5.41) is 5.08. The SMILES string of the molecule is CNC(=O)c1cccc(NC(=O)COC(=O)[C@@H](C)Oc2cccc(C)c2)c1. The number of esters is 1. The van der Waals surface area contributed by atoms with Crippen LogP contribution in [0.1, 0.15) is 22.8 Å². The summed E-state index contributed by atoms with van der Waals surface area (Å²) in [5.74, 6) is -0.875. The minimum atomic E-state index is -0.851. The predicted octanol–water partition coefficient (Wildman–Crippen LogP) is 2.30. The molecule has 7 heteroatoms. The van der Waals surface area contributed by atoms with Crippen LogP contribution in [0.4, 0.5) is 5.69 Å². The normalized spacial score (nSPS) is 11.2. The van der Waals surface area contributed by atoms with Crippen molar-refractivity contribution in [2.45, 2.75) is 20.0 Å². The molecule has 7 nitrogen and oxygen atoms in total. The maximum atomic E-state index is 12.0. The van der Waals surface area contributed by atoms with E-state index in [9.17, 15) is 14.4 Å². The van der Waals surface area contributed by atoms with E-state index in [0.717, 1.165) is 5.56 Å². The molecule has 0 aromatic heterocycles. The molecule has 0 saturated heterocycles. The van der Waals surface area contributed by atoms with Gasteiger partial charge in [-0.2, -0.15) is 0 Å². The molecule has 0 heterocycles. The van der Waals surface area contributed by atoms with Crippen molar-refractivity contribution < 1.29 is 23.9 Å². The van der Waals surface area contributed by atoms with E-state index in [1.807, 2.05) is 19.1 Å². The van der Waals surface area contributed by atoms with Gasteiger partial charge in [0.05, 0.1) is 0 Å². The van der Waals surface area contributed by atoms with E-state index in [2.05, 4.69) is 10.6 Å². The summed E-state index contributed by atoms with van der Waals surface area (Å²) in [5.41, 5.74) is 1.85. The molecule has 0 fully saturated rings. The molecule has 0 radical (unpaired) electrons. The van der Waals surface area contributed by atoms with Gasteiger partial charge in [0.25, 0.3) is 11.8 Å². The Hall–Kier alpha value is -3.35. The lowest BCUT2D eigenvalue weighted by Crippen LogP contribution is -2.29. The number of carbonyl (C=O) groups excluding carboxylic acids is 3. The summed E-state index contributed by atoms with van der Waals surface area (Å²) in [6, 6.07) is 13.7. The number of anilines is 1. The highest BCUT2D eigenvalue weighted by molar-refractivity contribution is 5.97. The van der Waals surface area contributed by atoms with Crippen molar-refractivity contribution in [1.82, 2.24) is 5.32 Å². The van der Waals surface area contributed by atoms with Crippen LogP contribution in [-0.4, -0.2) is 37.5 Å². The minimum Gasteiger partial charge on any atom is -0.479 e. The van der Waals surface area contributed by atoms with Gasteiger partial charge in [0.1, 0.15) is 5.75 Å². The summed E-state index contributed by atoms with van der Waals surface area (Å²) in [6.45, 7) is 3.01. The second-order valence-corrected chi connectivity index (χ2v) is 5.89. The Kier molecular flexibility index (Phi) is 6.93. The maximum Gasteiger partial charge on any atom is 0.347 e. The van der Waals surface area contributed by atoms with Crippen LogP contribution in [0, 0.1) is 6.92 Å². The Morgan fingerprint density at radius 2 is 1.81 bits per heavy atom. The molecular formula is C20H22N2O5. The van der Waals surface area contributed by atoms with Crippen LogP contribution in [0.15, 0.2) is 48.5 Å². The van der Waals surface area contributed by atoms with Gasteiger partial charge in [0.2, 0.25) is 0 Å². The van der Waals surface area contributed by atoms with Crippen molar-refractivity contribution in [3.63, 3.8) is 0 Å². The molecule has 27 heavy (non-hydrogen) atoms. The van der Waals surface area contributed by atoms with Crippen LogP contribution < -0.4 is 15.4 Å². The first-order chi connectivity index (χ1) is 12.9. The molecule has 2 aromatic carbocycles. The quantitative estimate of drug-likeness (QED) is 0.730. The summed E-state index contributed by atoms with van der Waals surface area (Å²) in [7, 11) is 1.52. The summed E-state index contributed by atoms with van der Waals surface area (Å²) in [4.78, 5) is 35.6. The van der Waals surface area contributed by atoms with Gasteiger partial charge in [-0.15, -0.1) is 0 Å². The van der Waals surface area contributed by atoms with E-state index in [-0.39, 0.29) is 5.91 Å². The second kappa shape index (κ2) is 9.38. The van der Waals surface area contributed by atoms with E-state index < -0.39 is 24.6 Å². The number of rotatable bonds is 7. The molecule has 2 N–H and O–H groups in total. The Morgan fingerprint density at radius 1 is 1.07 bits per heavy atom. The van der Waals surface area contributed by atoms with E-state index in [0.29, 0.717) is 17.0 Å². The van der Waals surface area contributed by atoms with Gasteiger partial charge in [-0.25, -0.2) is 4.79 Å². The summed E-state index contributed by atoms with van der Waals surface area (Å²) >= 11 is 0. The number of benzene rings is 2. The fourth-order valence-electron chi connectivity index (χ4n) is 2.27. The van der Waals surface area contributed by atoms with Crippen molar-refractivity contribution in [2.75, 3.05) is 19.0 Å². The zero-order chi connectivity index (χ0) is 19.8. The Bertz CT molecular complexity index is 835. The van der Waals surface area contributed by atoms with Gasteiger partial charge in [0, 0.05) is 18.3 Å². The molecule has 2 rings (SSSR count). The second-order valence-electron chi connectivity index (χ2n) is 5.89. The molecule has 0 saturated carbocycles. The van der Waals surface area contributed by atoms with Crippen molar-refractivity contribution in [1.29, 1.82) is 0 Å². The molecule has 0 unspecified atom stereocenters. The largest absolute Gasteiger partial charge is 0.479 e. The highest BCUT2D eigenvalue weighted by atomic mass is 16.6. The number of nitrogens with one attached hydrogen (secondary N) is 2. The number of hydrogen-bond donors (Lipinski definition) is 2. The smallest absolute Gasteiger partial charge is 0.347 e. The van der Waals surface area contributed by atoms with Crippen molar-refractivity contribution in [3.05, 3.63) is 59.7 Å². The van der Waals surface area contributed by atoms with Gasteiger partial charge in [-0.1, -0.05) is 18.2 Å². The van der Waals surface area contributed by atoms with Gasteiger partial charge >= 0.3 is 5.97 Å². The highest BCUT2D eigenvalue weighted by Gasteiger charge is 2.18. The third-order valence-corrected chi connectivity index (χ3v) is 3.62. The lowest BCUT2D eigenvalue weighted by molar-refractivity contribution is -0.153. The molecule has 0 aliphatic heterocycles. The molecule has 0 bridgehead atoms. The van der Waals surface area contributed by atoms with Crippen LogP contribution in [0.3, 0.4) is 0 Å². The standard InChI is InChI=1S/C20H22N2O5/c1-13-6-4-9-17(10-13)27-14(2)20(25)26-12-18(23)22-16-8-5-7-15(11-16)19(24)21-3/h4-11,14H,12H2,1-3H3,(H,21,24)(H,22,23)/t14-/m1/s1. The first-order valence-electron chi connectivity index (χ1n) is 8.41. The Balaban J connectivity index is 1.84. The summed E-state index contributed by atoms with van der Waals surface area (Å²) in [6.07, 6.45) is -0.851. The van der Waals surface area contributed by atoms with Gasteiger partial charge in [0.15, 0.2) is 12.7 Å². The Labute approximate surface area is 157 Å². The fourth-order valence-corrected chi connectivity index (χ4v) is 2.27. The topological polar surface area (TPSA) is 93.7 Å². The molecule has 0 spiro atoms. The fraction of sp³-hybridized carbons (Fsp3) is 0.250. The van der Waals surface area contributed by atoms with E-state index in [1.165, 1.54) is 13.1 Å². The number of hydrogen-bond acceptors (Lipinski definition) is 5. The van der Waals surface area contributed by atoms with Crippen LogP contribution in [-0.2, 0) is 14.3 Å². The van der Waals surface area contributed by atoms with Crippen molar-refractivity contribution in [2.24, 2.45) is 0 Å². The zero-order valence-electron chi connectivity index (χ0n) is 15.4. The van der Waals surface area contributed by atoms with Crippen molar-refractivity contribution >= 4 is 23.5 Å². The molecule has 1 atom stereocenters. The lowest BCUT2D eigenvalue weighted by atomic mass is 10.2. The lowest BCUT2D eigenvalue weighted by Gasteiger charge is -2.14. The van der Waals surface area contributed by atoms with E-state index in [4.69, 9.17) is 9.47 Å². The van der Waals surface area contributed by atoms with E-state index in [1.54, 1.807) is 37.3 Å². The van der Waals surface area contributed by atoms with Crippen molar-refractivity contribution in [3.8, 4) is 5.75 Å². The number of aryl methyl sites for hydroxylation is 1. The van der Waals surface area contributed by atoms with E-state index >= 15 is 0 Å². The first-order valence-corrected chi connectivity index (χ1v) is 8.41. The maximum absolute atomic E-state index is 12.0. The van der Waals surface area contributed by atoms with Crippen LogP contribution >= 0.6 is 0 Å². The van der Waals surface area contributed by atoms with Crippen LogP contribution in [0.25, 0.3) is 0 Å². The van der Waals surface area contributed by atoms with Gasteiger partial charge in [-0.3, -0.25) is 9.59 Å². The monoisotopic (exact) mass is 370 g/mol. The Morgan fingerprint density at radius 3 is 2.52 bits per heavy atom. The zero-order valence-corrected chi connectivity index (χ0v) is 15.4. The number of ether oxygens (including phenoxy) is 2. The minimum absolute atomic E-state index is 0.264. The average Bonchev–Trinajstić information content (AvgIpc) is 2.65. The first kappa shape index (κ1) is 20.0. The van der Waals surface area contributed by atoms with Crippen LogP contribution in [0.5, 0.6) is 5.75 Å². The molecule has 2 aromatic rings. The van der Waals surface area contributed by atoms with Crippen LogP contribution in [0.2, 0.25) is 0 Å². The molecule has 0 aliphatic rings. The predicted molar refractivity (Wildman–Crippen MR) is 101 cm³/mol. The average molecular weight is 370 g/mol. The third kappa shape index (κ3) is 6.14. The number of amides is 2. The highest BCUT2D eigenvalue weighted by Crippen LogP contribution is 2.15. The number of carbonyl (C=O) groups is 3. The molecular weight excluding hydrogens is 348 g/mol. The summed E-state index contributed by atoms with van der Waals surface area (Å²) < 4.78 is 10.5. The van der Waals surface area contributed by atoms with Gasteiger partial charge in [-0.05, 0) is 49.7 Å². The molecule has 142 valence electrons.